The van der Waals surface area contributed by atoms with Gasteiger partial charge < -0.3 is 14.2 Å². The van der Waals surface area contributed by atoms with E-state index in [4.69, 9.17) is 14.2 Å². The minimum Gasteiger partial charge on any atom is -0.462 e. The molecule has 0 rings (SSSR count). The molecule has 0 aliphatic rings. The first kappa shape index (κ1) is 63.3. The number of hydrogen-bond acceptors (Lipinski definition) is 6. The Morgan fingerprint density at radius 3 is 1.04 bits per heavy atom. The van der Waals surface area contributed by atoms with Crippen molar-refractivity contribution in [3.63, 3.8) is 0 Å². The molecule has 6 heteroatoms. The van der Waals surface area contributed by atoms with Crippen molar-refractivity contribution in [3.8, 4) is 0 Å². The van der Waals surface area contributed by atoms with E-state index in [1.54, 1.807) is 0 Å². The zero-order valence-corrected chi connectivity index (χ0v) is 43.6. The number of allylic oxidation sites excluding steroid dienone is 16. The summed E-state index contributed by atoms with van der Waals surface area (Å²) in [6.07, 6.45) is 72.5. The minimum atomic E-state index is -0.807. The first-order valence-electron chi connectivity index (χ1n) is 27.8. The van der Waals surface area contributed by atoms with Gasteiger partial charge in [-0.25, -0.2) is 0 Å². The molecule has 67 heavy (non-hydrogen) atoms. The summed E-state index contributed by atoms with van der Waals surface area (Å²) >= 11 is 0. The van der Waals surface area contributed by atoms with Crippen LogP contribution < -0.4 is 0 Å². The third-order valence-electron chi connectivity index (χ3n) is 11.6. The molecule has 0 radical (unpaired) electrons. The molecule has 382 valence electrons. The first-order chi connectivity index (χ1) is 33.0. The van der Waals surface area contributed by atoms with Crippen LogP contribution in [0.3, 0.4) is 0 Å². The standard InChI is InChI=1S/C61H102O6/c1-4-7-10-13-16-19-22-25-28-30-31-34-36-39-42-45-48-51-54-60(63)66-57-58(56-65-59(62)53-50-47-44-41-38-35-32-27-24-21-18-15-12-9-6-3)67-61(64)55-52-49-46-43-40-37-33-29-26-23-20-17-14-11-8-5-2/h8,11,17-18,20-21,24,26-31,34,37,40,58H,4-7,9-10,12-16,19,22-23,25,32-33,35-36,38-39,41-57H2,1-3H3/b11-8-,20-17-,21-18-,27-24-,29-26-,30-28-,34-31-,40-37-. The fourth-order valence-corrected chi connectivity index (χ4v) is 7.41. The highest BCUT2D eigenvalue weighted by Gasteiger charge is 2.19. The zero-order chi connectivity index (χ0) is 48.6. The number of carbonyl (C=O) groups is 3. The second kappa shape index (κ2) is 54.9. The maximum atomic E-state index is 12.8. The molecule has 0 aromatic heterocycles. The Bertz CT molecular complexity index is 1350. The highest BCUT2D eigenvalue weighted by atomic mass is 16.6. The molecule has 1 atom stereocenters. The van der Waals surface area contributed by atoms with Crippen LogP contribution >= 0.6 is 0 Å². The Hall–Kier alpha value is -3.67. The number of unbranched alkanes of at least 4 members (excludes halogenated alkanes) is 24. The van der Waals surface area contributed by atoms with Crippen molar-refractivity contribution in [3.05, 3.63) is 97.2 Å². The molecule has 0 aromatic rings. The summed E-state index contributed by atoms with van der Waals surface area (Å²) in [6, 6.07) is 0. The monoisotopic (exact) mass is 931 g/mol. The van der Waals surface area contributed by atoms with Gasteiger partial charge in [-0.1, -0.05) is 221 Å². The highest BCUT2D eigenvalue weighted by Crippen LogP contribution is 2.13. The zero-order valence-electron chi connectivity index (χ0n) is 43.6. The molecule has 0 saturated carbocycles. The van der Waals surface area contributed by atoms with E-state index in [1.165, 1.54) is 96.3 Å². The molecule has 0 saturated heterocycles. The molecule has 1 unspecified atom stereocenters. The smallest absolute Gasteiger partial charge is 0.306 e. The normalized spacial score (nSPS) is 12.8. The van der Waals surface area contributed by atoms with Crippen molar-refractivity contribution in [2.24, 2.45) is 0 Å². The van der Waals surface area contributed by atoms with Gasteiger partial charge in [-0.05, 0) is 109 Å². The first-order valence-corrected chi connectivity index (χ1v) is 27.8. The van der Waals surface area contributed by atoms with Crippen molar-refractivity contribution in [2.45, 2.75) is 258 Å². The van der Waals surface area contributed by atoms with Gasteiger partial charge in [0.15, 0.2) is 6.10 Å². The van der Waals surface area contributed by atoms with E-state index in [2.05, 4.69) is 118 Å². The van der Waals surface area contributed by atoms with E-state index in [0.29, 0.717) is 12.8 Å². The van der Waals surface area contributed by atoms with E-state index >= 15 is 0 Å². The molecular formula is C61H102O6. The molecule has 0 fully saturated rings. The average Bonchev–Trinajstić information content (AvgIpc) is 3.33. The highest BCUT2D eigenvalue weighted by molar-refractivity contribution is 5.71. The lowest BCUT2D eigenvalue weighted by molar-refractivity contribution is -0.167. The van der Waals surface area contributed by atoms with Gasteiger partial charge in [-0.3, -0.25) is 14.4 Å². The third-order valence-corrected chi connectivity index (χ3v) is 11.6. The van der Waals surface area contributed by atoms with Crippen LogP contribution in [0.4, 0.5) is 0 Å². The van der Waals surface area contributed by atoms with Gasteiger partial charge in [0.2, 0.25) is 0 Å². The topological polar surface area (TPSA) is 78.9 Å². The van der Waals surface area contributed by atoms with Gasteiger partial charge in [0.1, 0.15) is 13.2 Å². The summed E-state index contributed by atoms with van der Waals surface area (Å²) in [5.74, 6) is -0.959. The van der Waals surface area contributed by atoms with Crippen LogP contribution in [0.25, 0.3) is 0 Å². The van der Waals surface area contributed by atoms with E-state index in [-0.39, 0.29) is 37.5 Å². The quantitative estimate of drug-likeness (QED) is 0.0199. The van der Waals surface area contributed by atoms with Crippen LogP contribution in [0.1, 0.15) is 252 Å². The van der Waals surface area contributed by atoms with Crippen LogP contribution in [0.15, 0.2) is 97.2 Å². The Labute approximate surface area is 413 Å². The van der Waals surface area contributed by atoms with Crippen LogP contribution in [-0.4, -0.2) is 37.2 Å². The number of ether oxygens (including phenoxy) is 3. The van der Waals surface area contributed by atoms with Gasteiger partial charge in [-0.2, -0.15) is 0 Å². The molecule has 6 nitrogen and oxygen atoms in total. The average molecular weight is 931 g/mol. The van der Waals surface area contributed by atoms with Gasteiger partial charge in [0, 0.05) is 19.3 Å². The number of rotatable bonds is 49. The van der Waals surface area contributed by atoms with E-state index in [9.17, 15) is 14.4 Å². The van der Waals surface area contributed by atoms with Gasteiger partial charge in [0.25, 0.3) is 0 Å². The van der Waals surface area contributed by atoms with Crippen molar-refractivity contribution in [2.75, 3.05) is 13.2 Å². The van der Waals surface area contributed by atoms with E-state index in [1.807, 2.05) is 0 Å². The second-order valence-corrected chi connectivity index (χ2v) is 18.2. The summed E-state index contributed by atoms with van der Waals surface area (Å²) < 4.78 is 16.8. The number of carbonyl (C=O) groups excluding carboxylic acids is 3. The van der Waals surface area contributed by atoms with Crippen LogP contribution in [0.5, 0.6) is 0 Å². The lowest BCUT2D eigenvalue weighted by atomic mass is 10.1. The van der Waals surface area contributed by atoms with Gasteiger partial charge in [-0.15, -0.1) is 0 Å². The second-order valence-electron chi connectivity index (χ2n) is 18.2. The molecule has 0 bridgehead atoms. The van der Waals surface area contributed by atoms with Crippen molar-refractivity contribution in [1.82, 2.24) is 0 Å². The Morgan fingerprint density at radius 1 is 0.328 bits per heavy atom. The summed E-state index contributed by atoms with van der Waals surface area (Å²) in [6.45, 7) is 6.44. The lowest BCUT2D eigenvalue weighted by Gasteiger charge is -2.18. The van der Waals surface area contributed by atoms with Crippen molar-refractivity contribution in [1.29, 1.82) is 0 Å². The summed E-state index contributed by atoms with van der Waals surface area (Å²) in [7, 11) is 0. The molecule has 0 amide bonds. The van der Waals surface area contributed by atoms with E-state index < -0.39 is 6.10 Å². The predicted octanol–water partition coefficient (Wildman–Crippen LogP) is 18.5. The molecule has 0 aliphatic carbocycles. The molecule has 0 aliphatic heterocycles. The summed E-state index contributed by atoms with van der Waals surface area (Å²) in [4.78, 5) is 38.1. The SMILES string of the molecule is CC/C=C\C/C=C\C/C=C\C/C=C\CCCCCC(=O)OC(COC(=O)CCCCCCC/C=C\C=C/CCCCCCCCC)COC(=O)CCCCCCCC/C=C\C=C/CCCCC. The maximum absolute atomic E-state index is 12.8. The Kier molecular flexibility index (Phi) is 51.9. The summed E-state index contributed by atoms with van der Waals surface area (Å²) in [5.41, 5.74) is 0. The van der Waals surface area contributed by atoms with Crippen molar-refractivity contribution < 1.29 is 28.6 Å². The van der Waals surface area contributed by atoms with Crippen LogP contribution in [-0.2, 0) is 28.6 Å². The Morgan fingerprint density at radius 2 is 0.627 bits per heavy atom. The fourth-order valence-electron chi connectivity index (χ4n) is 7.41. The summed E-state index contributed by atoms with van der Waals surface area (Å²) in [5, 5.41) is 0. The molecule has 0 aromatic carbocycles. The Balaban J connectivity index is 4.49. The predicted molar refractivity (Wildman–Crippen MR) is 288 cm³/mol. The van der Waals surface area contributed by atoms with Crippen molar-refractivity contribution >= 4 is 17.9 Å². The molecular weight excluding hydrogens is 829 g/mol. The molecule has 0 heterocycles. The number of esters is 3. The fraction of sp³-hybridized carbons (Fsp3) is 0.689. The lowest BCUT2D eigenvalue weighted by Crippen LogP contribution is -2.30. The van der Waals surface area contributed by atoms with Gasteiger partial charge in [0.05, 0.1) is 0 Å². The minimum absolute atomic E-state index is 0.103. The van der Waals surface area contributed by atoms with E-state index in [0.717, 1.165) is 116 Å². The van der Waals surface area contributed by atoms with Crippen LogP contribution in [0, 0.1) is 0 Å². The third kappa shape index (κ3) is 53.2. The number of hydrogen-bond donors (Lipinski definition) is 0. The largest absolute Gasteiger partial charge is 0.462 e. The van der Waals surface area contributed by atoms with Crippen LogP contribution in [0.2, 0.25) is 0 Å². The molecule has 0 N–H and O–H groups in total. The molecule has 0 spiro atoms. The maximum Gasteiger partial charge on any atom is 0.306 e. The van der Waals surface area contributed by atoms with Gasteiger partial charge >= 0.3 is 17.9 Å².